The molecule has 5 nitrogen and oxygen atoms in total. The fourth-order valence-corrected chi connectivity index (χ4v) is 3.59. The highest BCUT2D eigenvalue weighted by atomic mass is 16.1. The molecule has 1 aliphatic rings. The fourth-order valence-electron chi connectivity index (χ4n) is 3.59. The number of carbonyl (C=O) groups excluding carboxylic acids is 1. The summed E-state index contributed by atoms with van der Waals surface area (Å²) in [7, 11) is 1.88. The minimum atomic E-state index is -0.0232. The number of nitrogens with one attached hydrogen (secondary N) is 1. The first kappa shape index (κ1) is 15.8. The predicted octanol–water partition coefficient (Wildman–Crippen LogP) is 3.01. The average Bonchev–Trinajstić information content (AvgIpc) is 3.14. The summed E-state index contributed by atoms with van der Waals surface area (Å²) in [5, 5.41) is 3.00. The molecule has 2 heterocycles. The van der Waals surface area contributed by atoms with Crippen LogP contribution in [0.3, 0.4) is 0 Å². The zero-order valence-electron chi connectivity index (χ0n) is 14.1. The van der Waals surface area contributed by atoms with E-state index < -0.39 is 0 Å². The van der Waals surface area contributed by atoms with Crippen molar-refractivity contribution in [1.82, 2.24) is 19.4 Å². The van der Waals surface area contributed by atoms with E-state index >= 15 is 0 Å². The summed E-state index contributed by atoms with van der Waals surface area (Å²) < 4.78 is 4.23. The van der Waals surface area contributed by atoms with Gasteiger partial charge >= 0.3 is 0 Å². The van der Waals surface area contributed by atoms with E-state index in [2.05, 4.69) is 21.8 Å². The van der Waals surface area contributed by atoms with Crippen LogP contribution in [0.25, 0.3) is 0 Å². The lowest BCUT2D eigenvalue weighted by Gasteiger charge is -2.26. The van der Waals surface area contributed by atoms with Gasteiger partial charge in [0, 0.05) is 44.1 Å². The van der Waals surface area contributed by atoms with Gasteiger partial charge in [-0.15, -0.1) is 0 Å². The van der Waals surface area contributed by atoms with Crippen molar-refractivity contribution in [2.45, 2.75) is 51.5 Å². The Morgan fingerprint density at radius 3 is 2.83 bits per heavy atom. The molecule has 1 fully saturated rings. The predicted molar refractivity (Wildman–Crippen MR) is 90.5 cm³/mol. The summed E-state index contributed by atoms with van der Waals surface area (Å²) in [5.74, 6) is 1.08. The van der Waals surface area contributed by atoms with Crippen LogP contribution in [0, 0.1) is 6.92 Å². The summed E-state index contributed by atoms with van der Waals surface area (Å²) >= 11 is 0. The smallest absolute Gasteiger partial charge is 0.267 e. The SMILES string of the molecule is Cc1cnc(CCNC(=O)c2cccn2C)n1C1CCCCC1. The number of aryl methyl sites for hydroxylation is 2. The van der Waals surface area contributed by atoms with Crippen molar-refractivity contribution in [3.63, 3.8) is 0 Å². The first-order valence-electron chi connectivity index (χ1n) is 8.59. The third-order valence-electron chi connectivity index (χ3n) is 4.81. The zero-order chi connectivity index (χ0) is 16.2. The minimum Gasteiger partial charge on any atom is -0.350 e. The number of amides is 1. The first-order valence-corrected chi connectivity index (χ1v) is 8.59. The molecule has 1 amide bonds. The van der Waals surface area contributed by atoms with Gasteiger partial charge in [-0.2, -0.15) is 0 Å². The van der Waals surface area contributed by atoms with Gasteiger partial charge in [-0.1, -0.05) is 19.3 Å². The van der Waals surface area contributed by atoms with E-state index in [1.807, 2.05) is 36.1 Å². The maximum atomic E-state index is 12.1. The van der Waals surface area contributed by atoms with Gasteiger partial charge in [-0.05, 0) is 31.9 Å². The summed E-state index contributed by atoms with van der Waals surface area (Å²) in [6.07, 6.45) is 11.1. The van der Waals surface area contributed by atoms with Crippen molar-refractivity contribution >= 4 is 5.91 Å². The van der Waals surface area contributed by atoms with E-state index in [-0.39, 0.29) is 5.91 Å². The van der Waals surface area contributed by atoms with Gasteiger partial charge in [0.2, 0.25) is 0 Å². The lowest BCUT2D eigenvalue weighted by atomic mass is 9.95. The molecule has 0 saturated heterocycles. The topological polar surface area (TPSA) is 51.9 Å². The molecule has 124 valence electrons. The number of nitrogens with zero attached hydrogens (tertiary/aromatic N) is 3. The largest absolute Gasteiger partial charge is 0.350 e. The molecule has 1 saturated carbocycles. The van der Waals surface area contributed by atoms with Crippen LogP contribution < -0.4 is 5.32 Å². The molecule has 1 N–H and O–H groups in total. The lowest BCUT2D eigenvalue weighted by Crippen LogP contribution is -2.28. The number of imidazole rings is 1. The van der Waals surface area contributed by atoms with E-state index in [0.29, 0.717) is 18.3 Å². The van der Waals surface area contributed by atoms with E-state index in [1.165, 1.54) is 37.8 Å². The third-order valence-corrected chi connectivity index (χ3v) is 4.81. The Kier molecular flexibility index (Phi) is 4.84. The summed E-state index contributed by atoms with van der Waals surface area (Å²) in [6, 6.07) is 4.31. The van der Waals surface area contributed by atoms with Gasteiger partial charge in [0.1, 0.15) is 11.5 Å². The summed E-state index contributed by atoms with van der Waals surface area (Å²) in [6.45, 7) is 2.75. The Labute approximate surface area is 137 Å². The van der Waals surface area contributed by atoms with E-state index in [4.69, 9.17) is 0 Å². The summed E-state index contributed by atoms with van der Waals surface area (Å²) in [5.41, 5.74) is 1.93. The molecule has 5 heteroatoms. The molecule has 3 rings (SSSR count). The van der Waals surface area contributed by atoms with Gasteiger partial charge in [0.05, 0.1) is 0 Å². The standard InChI is InChI=1S/C18H26N4O/c1-14-13-20-17(22(14)15-7-4-3-5-8-15)10-11-19-18(23)16-9-6-12-21(16)2/h6,9,12-13,15H,3-5,7-8,10-11H2,1-2H3,(H,19,23). The van der Waals surface area contributed by atoms with Crippen LogP contribution in [0.4, 0.5) is 0 Å². The summed E-state index contributed by atoms with van der Waals surface area (Å²) in [4.78, 5) is 16.7. The monoisotopic (exact) mass is 314 g/mol. The molecule has 0 aromatic carbocycles. The van der Waals surface area contributed by atoms with Crippen molar-refractivity contribution in [1.29, 1.82) is 0 Å². The maximum absolute atomic E-state index is 12.1. The van der Waals surface area contributed by atoms with Crippen LogP contribution in [0.5, 0.6) is 0 Å². The maximum Gasteiger partial charge on any atom is 0.267 e. The quantitative estimate of drug-likeness (QED) is 0.922. The molecule has 2 aromatic heterocycles. The molecule has 0 unspecified atom stereocenters. The Morgan fingerprint density at radius 1 is 1.35 bits per heavy atom. The Morgan fingerprint density at radius 2 is 2.13 bits per heavy atom. The van der Waals surface area contributed by atoms with Gasteiger partial charge in [-0.3, -0.25) is 4.79 Å². The lowest BCUT2D eigenvalue weighted by molar-refractivity contribution is 0.0946. The van der Waals surface area contributed by atoms with Crippen LogP contribution in [0.1, 0.15) is 60.2 Å². The number of carbonyl (C=O) groups is 1. The molecule has 23 heavy (non-hydrogen) atoms. The second-order valence-corrected chi connectivity index (χ2v) is 6.49. The second kappa shape index (κ2) is 7.02. The Hall–Kier alpha value is -2.04. The third kappa shape index (κ3) is 3.49. The van der Waals surface area contributed by atoms with Crippen LogP contribution in [0.2, 0.25) is 0 Å². The average molecular weight is 314 g/mol. The van der Waals surface area contributed by atoms with E-state index in [1.54, 1.807) is 0 Å². The second-order valence-electron chi connectivity index (χ2n) is 6.49. The molecule has 1 aliphatic carbocycles. The normalized spacial score (nSPS) is 15.7. The fraction of sp³-hybridized carbons (Fsp3) is 0.556. The van der Waals surface area contributed by atoms with Crippen LogP contribution >= 0.6 is 0 Å². The highest BCUT2D eigenvalue weighted by Gasteiger charge is 2.20. The first-order chi connectivity index (χ1) is 11.2. The molecule has 0 bridgehead atoms. The van der Waals surface area contributed by atoms with Crippen LogP contribution in [-0.2, 0) is 13.5 Å². The zero-order valence-corrected chi connectivity index (χ0v) is 14.1. The van der Waals surface area contributed by atoms with Crippen molar-refractivity contribution in [3.05, 3.63) is 41.7 Å². The number of hydrogen-bond acceptors (Lipinski definition) is 2. The van der Waals surface area contributed by atoms with Crippen molar-refractivity contribution < 1.29 is 4.79 Å². The minimum absolute atomic E-state index is 0.0232. The van der Waals surface area contributed by atoms with Gasteiger partial charge in [-0.25, -0.2) is 4.98 Å². The molecule has 0 spiro atoms. The van der Waals surface area contributed by atoms with Crippen molar-refractivity contribution in [2.75, 3.05) is 6.54 Å². The molecule has 2 aromatic rings. The van der Waals surface area contributed by atoms with E-state index in [0.717, 1.165) is 12.2 Å². The highest BCUT2D eigenvalue weighted by molar-refractivity contribution is 5.92. The molecular formula is C18H26N4O. The highest BCUT2D eigenvalue weighted by Crippen LogP contribution is 2.30. The number of hydrogen-bond donors (Lipinski definition) is 1. The molecule has 0 radical (unpaired) electrons. The van der Waals surface area contributed by atoms with E-state index in [9.17, 15) is 4.79 Å². The van der Waals surface area contributed by atoms with Crippen molar-refractivity contribution in [3.8, 4) is 0 Å². The van der Waals surface area contributed by atoms with Gasteiger partial charge in [0.15, 0.2) is 0 Å². The number of rotatable bonds is 5. The van der Waals surface area contributed by atoms with Crippen LogP contribution in [-0.4, -0.2) is 26.6 Å². The van der Waals surface area contributed by atoms with Crippen LogP contribution in [0.15, 0.2) is 24.5 Å². The van der Waals surface area contributed by atoms with Gasteiger partial charge in [0.25, 0.3) is 5.91 Å². The molecule has 0 atom stereocenters. The van der Waals surface area contributed by atoms with Gasteiger partial charge < -0.3 is 14.5 Å². The van der Waals surface area contributed by atoms with Crippen molar-refractivity contribution in [2.24, 2.45) is 7.05 Å². The number of aromatic nitrogens is 3. The molecular weight excluding hydrogens is 288 g/mol. The Bertz CT molecular complexity index is 664. The Balaban J connectivity index is 1.60. The molecule has 0 aliphatic heterocycles.